The Morgan fingerprint density at radius 2 is 1.62 bits per heavy atom. The topological polar surface area (TPSA) is 26.0 Å². The molecule has 2 heterocycles. The minimum absolute atomic E-state index is 0.682. The van der Waals surface area contributed by atoms with Crippen molar-refractivity contribution in [3.63, 3.8) is 0 Å². The molecule has 2 fully saturated rings. The van der Waals surface area contributed by atoms with Crippen molar-refractivity contribution >= 4 is 32.7 Å². The van der Waals surface area contributed by atoms with Gasteiger partial charge in [0.1, 0.15) is 11.2 Å². The summed E-state index contributed by atoms with van der Waals surface area (Å²) in [5, 5.41) is 5.03. The van der Waals surface area contributed by atoms with E-state index in [2.05, 4.69) is 61.7 Å². The van der Waals surface area contributed by atoms with E-state index in [4.69, 9.17) is 9.40 Å². The number of aryl methyl sites for hydroxylation is 1. The summed E-state index contributed by atoms with van der Waals surface area (Å²) in [6, 6.07) is 20.0. The van der Waals surface area contributed by atoms with E-state index < -0.39 is 0 Å². The molecule has 0 bridgehead atoms. The lowest BCUT2D eigenvalue weighted by Gasteiger charge is -2.15. The van der Waals surface area contributed by atoms with Gasteiger partial charge in [-0.25, -0.2) is 0 Å². The molecule has 0 radical (unpaired) electrons. The van der Waals surface area contributed by atoms with Gasteiger partial charge < -0.3 is 4.42 Å². The van der Waals surface area contributed by atoms with Crippen molar-refractivity contribution in [1.29, 1.82) is 0 Å². The van der Waals surface area contributed by atoms with E-state index in [9.17, 15) is 0 Å². The zero-order valence-electron chi connectivity index (χ0n) is 18.5. The van der Waals surface area contributed by atoms with Gasteiger partial charge in [-0.15, -0.1) is 0 Å². The minimum Gasteiger partial charge on any atom is -0.455 e. The third kappa shape index (κ3) is 2.82. The fourth-order valence-electron chi connectivity index (χ4n) is 5.87. The second kappa shape index (κ2) is 6.93. The predicted octanol–water partition coefficient (Wildman–Crippen LogP) is 8.64. The molecule has 0 spiro atoms. The molecule has 0 unspecified atom stereocenters. The number of nitrogens with zero attached hydrogens (tertiary/aromatic N) is 1. The van der Waals surface area contributed by atoms with Crippen LogP contribution in [0, 0.1) is 6.92 Å². The maximum atomic E-state index is 6.40. The highest BCUT2D eigenvalue weighted by molar-refractivity contribution is 6.12. The molecule has 2 heteroatoms. The van der Waals surface area contributed by atoms with Crippen LogP contribution < -0.4 is 0 Å². The highest BCUT2D eigenvalue weighted by Gasteiger charge is 2.28. The number of furan rings is 1. The molecule has 2 aliphatic carbocycles. The van der Waals surface area contributed by atoms with E-state index in [1.165, 1.54) is 76.8 Å². The number of fused-ring (bicyclic) bond motifs is 4. The van der Waals surface area contributed by atoms with Gasteiger partial charge in [-0.1, -0.05) is 49.2 Å². The third-order valence-electron chi connectivity index (χ3n) is 7.66. The average molecular weight is 418 g/mol. The van der Waals surface area contributed by atoms with Gasteiger partial charge in [-0.3, -0.25) is 4.98 Å². The summed E-state index contributed by atoms with van der Waals surface area (Å²) in [4.78, 5) is 5.07. The SMILES string of the molecule is Cc1cc(-c2ncc(C3CC3)c3cc(C4CCCC4)ccc23)c2oc3ccccc3c2c1. The smallest absolute Gasteiger partial charge is 0.144 e. The first kappa shape index (κ1) is 18.4. The van der Waals surface area contributed by atoms with Crippen LogP contribution in [0.25, 0.3) is 44.0 Å². The monoisotopic (exact) mass is 417 g/mol. The first-order valence-electron chi connectivity index (χ1n) is 12.1. The van der Waals surface area contributed by atoms with Crippen molar-refractivity contribution in [3.8, 4) is 11.3 Å². The number of para-hydroxylation sites is 1. The molecule has 2 aliphatic rings. The van der Waals surface area contributed by atoms with Gasteiger partial charge in [-0.05, 0) is 84.7 Å². The van der Waals surface area contributed by atoms with Crippen molar-refractivity contribution in [1.82, 2.24) is 4.98 Å². The summed E-state index contributed by atoms with van der Waals surface area (Å²) in [7, 11) is 0. The van der Waals surface area contributed by atoms with Crippen molar-refractivity contribution in [2.45, 2.75) is 57.3 Å². The van der Waals surface area contributed by atoms with E-state index >= 15 is 0 Å². The lowest BCUT2D eigenvalue weighted by molar-refractivity contribution is 0.670. The van der Waals surface area contributed by atoms with Crippen molar-refractivity contribution < 1.29 is 4.42 Å². The number of hydrogen-bond donors (Lipinski definition) is 0. The quantitative estimate of drug-likeness (QED) is 0.293. The summed E-state index contributed by atoms with van der Waals surface area (Å²) < 4.78 is 6.40. The van der Waals surface area contributed by atoms with Crippen molar-refractivity contribution in [2.75, 3.05) is 0 Å². The summed E-state index contributed by atoms with van der Waals surface area (Å²) in [5.74, 6) is 1.41. The van der Waals surface area contributed by atoms with Crippen LogP contribution in [0.5, 0.6) is 0 Å². The fourth-order valence-corrected chi connectivity index (χ4v) is 5.87. The van der Waals surface area contributed by atoms with Gasteiger partial charge >= 0.3 is 0 Å². The molecule has 7 rings (SSSR count). The summed E-state index contributed by atoms with van der Waals surface area (Å²) >= 11 is 0. The summed E-state index contributed by atoms with van der Waals surface area (Å²) in [5.41, 5.74) is 8.25. The number of hydrogen-bond acceptors (Lipinski definition) is 2. The van der Waals surface area contributed by atoms with Crippen molar-refractivity contribution in [2.24, 2.45) is 0 Å². The molecule has 3 aromatic carbocycles. The largest absolute Gasteiger partial charge is 0.455 e. The Hall–Kier alpha value is -3.13. The number of rotatable bonds is 3. The van der Waals surface area contributed by atoms with Gasteiger partial charge in [-0.2, -0.15) is 0 Å². The Kier molecular flexibility index (Phi) is 4.00. The van der Waals surface area contributed by atoms with Crippen LogP contribution in [-0.2, 0) is 0 Å². The van der Waals surface area contributed by atoms with Crippen LogP contribution >= 0.6 is 0 Å². The maximum absolute atomic E-state index is 6.40. The van der Waals surface area contributed by atoms with E-state index in [0.717, 1.165) is 28.3 Å². The van der Waals surface area contributed by atoms with Crippen LogP contribution in [0.4, 0.5) is 0 Å². The lowest BCUT2D eigenvalue weighted by atomic mass is 9.91. The maximum Gasteiger partial charge on any atom is 0.144 e. The Morgan fingerprint density at radius 3 is 2.47 bits per heavy atom. The molecule has 0 saturated heterocycles. The molecule has 2 aromatic heterocycles. The van der Waals surface area contributed by atoms with Gasteiger partial charge in [0.05, 0.1) is 5.69 Å². The molecule has 158 valence electrons. The first-order chi connectivity index (χ1) is 15.8. The summed E-state index contributed by atoms with van der Waals surface area (Å²) in [6.45, 7) is 2.17. The molecule has 0 atom stereocenters. The van der Waals surface area contributed by atoms with E-state index in [1.54, 1.807) is 0 Å². The zero-order chi connectivity index (χ0) is 21.2. The zero-order valence-corrected chi connectivity index (χ0v) is 18.5. The molecule has 0 aliphatic heterocycles. The lowest BCUT2D eigenvalue weighted by Crippen LogP contribution is -1.96. The highest BCUT2D eigenvalue weighted by atomic mass is 16.3. The Balaban J connectivity index is 1.51. The van der Waals surface area contributed by atoms with Crippen LogP contribution in [-0.4, -0.2) is 4.98 Å². The van der Waals surface area contributed by atoms with E-state index in [1.807, 2.05) is 6.07 Å². The molecule has 0 amide bonds. The number of aromatic nitrogens is 1. The first-order valence-corrected chi connectivity index (χ1v) is 12.1. The molecule has 2 nitrogen and oxygen atoms in total. The van der Waals surface area contributed by atoms with Gasteiger partial charge in [0, 0.05) is 27.9 Å². The number of benzene rings is 3. The summed E-state index contributed by atoms with van der Waals surface area (Å²) in [6.07, 6.45) is 10.1. The molecule has 5 aromatic rings. The van der Waals surface area contributed by atoms with Crippen molar-refractivity contribution in [3.05, 3.63) is 77.5 Å². The van der Waals surface area contributed by atoms with Gasteiger partial charge in [0.15, 0.2) is 0 Å². The molecule has 2 saturated carbocycles. The predicted molar refractivity (Wildman–Crippen MR) is 132 cm³/mol. The molecular weight excluding hydrogens is 390 g/mol. The molecular formula is C30H27NO. The average Bonchev–Trinajstić information content (AvgIpc) is 3.37. The van der Waals surface area contributed by atoms with E-state index in [-0.39, 0.29) is 0 Å². The Labute approximate surface area is 188 Å². The van der Waals surface area contributed by atoms with Crippen LogP contribution in [0.1, 0.15) is 67.1 Å². The van der Waals surface area contributed by atoms with Gasteiger partial charge in [0.25, 0.3) is 0 Å². The van der Waals surface area contributed by atoms with Crippen LogP contribution in [0.2, 0.25) is 0 Å². The normalized spacial score (nSPS) is 17.2. The molecule has 0 N–H and O–H groups in total. The second-order valence-electron chi connectivity index (χ2n) is 9.91. The standard InChI is InChI=1S/C30H27NO/c1-18-14-25-22-8-4-5-9-28(22)32-30(25)26(15-18)29-23-13-12-21(19-6-2-3-7-19)16-24(23)27(17-31-29)20-10-11-20/h4-5,8-9,12-17,19-20H,2-3,6-7,10-11H2,1H3. The van der Waals surface area contributed by atoms with E-state index in [0.29, 0.717) is 5.92 Å². The minimum atomic E-state index is 0.682. The van der Waals surface area contributed by atoms with Crippen LogP contribution in [0.15, 0.2) is 65.2 Å². The highest BCUT2D eigenvalue weighted by Crippen LogP contribution is 2.46. The second-order valence-corrected chi connectivity index (χ2v) is 9.91. The van der Waals surface area contributed by atoms with Gasteiger partial charge in [0.2, 0.25) is 0 Å². The fraction of sp³-hybridized carbons (Fsp3) is 0.300. The van der Waals surface area contributed by atoms with Crippen LogP contribution in [0.3, 0.4) is 0 Å². The molecule has 32 heavy (non-hydrogen) atoms. The third-order valence-corrected chi connectivity index (χ3v) is 7.66. The Morgan fingerprint density at radius 1 is 0.781 bits per heavy atom. The Bertz CT molecular complexity index is 1500. The number of pyridine rings is 1.